The molecule has 6 atom stereocenters. The summed E-state index contributed by atoms with van der Waals surface area (Å²) in [6, 6.07) is 0. The molecule has 0 radical (unpaired) electrons. The molecule has 0 aromatic heterocycles. The van der Waals surface area contributed by atoms with Crippen molar-refractivity contribution >= 4 is 73.4 Å². The predicted molar refractivity (Wildman–Crippen MR) is 223 cm³/mol. The number of carbonyl (C=O) groups excluding carboxylic acids is 4. The van der Waals surface area contributed by atoms with E-state index < -0.39 is 47.5 Å². The molecule has 6 N–H and O–H groups in total. The van der Waals surface area contributed by atoms with Gasteiger partial charge in [0.2, 0.25) is 11.8 Å². The zero-order valence-electron chi connectivity index (χ0n) is 36.8. The number of nitrogens with one attached hydrogen (secondary N) is 2. The number of quaternary nitrogens is 2. The minimum absolute atomic E-state index is 0. The molecule has 0 aromatic rings. The van der Waals surface area contributed by atoms with Crippen LogP contribution in [0, 0.1) is 23.7 Å². The van der Waals surface area contributed by atoms with Crippen molar-refractivity contribution in [1.82, 2.24) is 10.6 Å². The van der Waals surface area contributed by atoms with Crippen molar-refractivity contribution in [1.29, 1.82) is 0 Å². The molecule has 0 aromatic carbocycles. The number of carboxylic acids is 4. The fourth-order valence-corrected chi connectivity index (χ4v) is 6.08. The first-order valence-electron chi connectivity index (χ1n) is 21.0. The molecule has 17 heteroatoms. The van der Waals surface area contributed by atoms with Crippen LogP contribution in [0.5, 0.6) is 0 Å². The predicted octanol–water partition coefficient (Wildman–Crippen LogP) is 0.709. The van der Waals surface area contributed by atoms with E-state index in [4.69, 9.17) is 10.2 Å². The van der Waals surface area contributed by atoms with Gasteiger partial charge in [-0.05, 0) is 12.8 Å². The zero-order chi connectivity index (χ0) is 44.6. The van der Waals surface area contributed by atoms with Gasteiger partial charge in [0.1, 0.15) is 13.1 Å². The molecule has 336 valence electrons. The second kappa shape index (κ2) is 36.1. The number of amides is 2. The molecule has 0 heterocycles. The molecule has 0 saturated carbocycles. The molecule has 0 fully saturated rings. The first-order valence-corrected chi connectivity index (χ1v) is 21.0. The number of aliphatic hydroxyl groups is 2. The molecule has 0 saturated heterocycles. The number of carboxylic acid groups (broad SMARTS) is 4. The number of hydrogen-bond acceptors (Lipinski definition) is 10. The minimum atomic E-state index is -1.13. The SMILES string of the molecule is CCC/C=C/CC(=O)NCC[N+](CCO)(CCC(C)C(=O)[O-])CCC(C)C(=O)O.CCC/C=C/CC(=O)NCC[N+](CCO)(CCC(C)C(=O)[O-])CCC(C)C(=O)O.[Ca+2]. The van der Waals surface area contributed by atoms with Crippen molar-refractivity contribution in [2.24, 2.45) is 23.7 Å². The maximum Gasteiger partial charge on any atom is 2.00 e. The Kier molecular flexibility index (Phi) is 37.1. The summed E-state index contributed by atoms with van der Waals surface area (Å²) in [4.78, 5) is 68.4. The maximum absolute atomic E-state index is 12.0. The topological polar surface area (TPSA) is 254 Å². The van der Waals surface area contributed by atoms with Crippen LogP contribution in [0.3, 0.4) is 0 Å². The van der Waals surface area contributed by atoms with Gasteiger partial charge in [-0.2, -0.15) is 0 Å². The summed E-state index contributed by atoms with van der Waals surface area (Å²) >= 11 is 0. The number of aliphatic carboxylic acids is 4. The molecule has 0 aliphatic heterocycles. The van der Waals surface area contributed by atoms with E-state index in [1.807, 2.05) is 24.3 Å². The molecular formula is C42H76CaN4O12+2. The number of nitrogens with zero attached hydrogens (tertiary/aromatic N) is 2. The van der Waals surface area contributed by atoms with E-state index >= 15 is 0 Å². The molecular weight excluding hydrogens is 793 g/mol. The summed E-state index contributed by atoms with van der Waals surface area (Å²) in [6.45, 7) is 14.7. The Labute approximate surface area is 382 Å². The molecule has 0 bridgehead atoms. The smallest absolute Gasteiger partial charge is 0.550 e. The Morgan fingerprint density at radius 3 is 1.08 bits per heavy atom. The number of rotatable bonds is 34. The second-order valence-electron chi connectivity index (χ2n) is 15.6. The monoisotopic (exact) mass is 869 g/mol. The van der Waals surface area contributed by atoms with Crippen LogP contribution in [0.4, 0.5) is 0 Å². The van der Waals surface area contributed by atoms with Crippen LogP contribution < -0.4 is 20.8 Å². The van der Waals surface area contributed by atoms with Crippen molar-refractivity contribution in [3.05, 3.63) is 24.3 Å². The van der Waals surface area contributed by atoms with Crippen LogP contribution in [0.25, 0.3) is 0 Å². The van der Waals surface area contributed by atoms with Crippen molar-refractivity contribution in [3.8, 4) is 0 Å². The van der Waals surface area contributed by atoms with E-state index in [1.165, 1.54) is 0 Å². The van der Waals surface area contributed by atoms with Gasteiger partial charge < -0.3 is 59.8 Å². The first-order chi connectivity index (χ1) is 27.3. The van der Waals surface area contributed by atoms with Gasteiger partial charge in [-0.3, -0.25) is 19.2 Å². The summed E-state index contributed by atoms with van der Waals surface area (Å²) in [5, 5.41) is 65.3. The molecule has 6 unspecified atom stereocenters. The summed E-state index contributed by atoms with van der Waals surface area (Å²) in [5.74, 6) is -6.57. The van der Waals surface area contributed by atoms with Crippen LogP contribution in [-0.2, 0) is 28.8 Å². The first kappa shape index (κ1) is 60.7. The van der Waals surface area contributed by atoms with Crippen LogP contribution in [0.15, 0.2) is 24.3 Å². The van der Waals surface area contributed by atoms with Crippen LogP contribution in [0.2, 0.25) is 0 Å². The van der Waals surface area contributed by atoms with Gasteiger partial charge >= 0.3 is 49.7 Å². The van der Waals surface area contributed by atoms with Crippen molar-refractivity contribution in [2.45, 2.75) is 106 Å². The molecule has 59 heavy (non-hydrogen) atoms. The van der Waals surface area contributed by atoms with Crippen LogP contribution in [-0.4, -0.2) is 181 Å². The Hall–Kier alpha value is -2.60. The van der Waals surface area contributed by atoms with Gasteiger partial charge in [0.15, 0.2) is 0 Å². The van der Waals surface area contributed by atoms with E-state index in [0.29, 0.717) is 113 Å². The molecule has 2 amide bonds. The number of unbranched alkanes of at least 4 members (excludes halogenated alkanes) is 2. The third-order valence-corrected chi connectivity index (χ3v) is 10.6. The summed E-state index contributed by atoms with van der Waals surface area (Å²) < 4.78 is 0.718. The largest absolute Gasteiger partial charge is 2.00 e. The Morgan fingerprint density at radius 1 is 0.525 bits per heavy atom. The number of carbonyl (C=O) groups is 6. The van der Waals surface area contributed by atoms with Crippen molar-refractivity contribution < 1.29 is 68.4 Å². The third kappa shape index (κ3) is 31.0. The van der Waals surface area contributed by atoms with E-state index in [2.05, 4.69) is 24.5 Å². The zero-order valence-corrected chi connectivity index (χ0v) is 39.0. The van der Waals surface area contributed by atoms with Crippen LogP contribution >= 0.6 is 0 Å². The molecule has 0 rings (SSSR count). The Balaban J connectivity index is -0.00000105. The quantitative estimate of drug-likeness (QED) is 0.0297. The average Bonchev–Trinajstić information content (AvgIpc) is 3.17. The number of allylic oxidation sites excluding steroid dienone is 2. The van der Waals surface area contributed by atoms with E-state index in [-0.39, 0.29) is 62.8 Å². The summed E-state index contributed by atoms with van der Waals surface area (Å²) in [7, 11) is 0. The Morgan fingerprint density at radius 2 is 0.831 bits per heavy atom. The molecule has 0 aliphatic rings. The standard InChI is InChI=1S/2C21H38N2O6.Ca/c2*1-4-5-6-7-8-19(25)22-11-14-23(15-16-24,12-9-17(2)20(26)27)13-10-18(3)21(28)29;/h2*6-7,17-18,24H,4-5,8-16H2,1-3H3,(H2-,22,25,26,27,28,29);/q;;+2/b2*7-6+;. The van der Waals surface area contributed by atoms with Gasteiger partial charge in [-0.1, -0.05) is 78.7 Å². The molecule has 0 spiro atoms. The fraction of sp³-hybridized carbons (Fsp3) is 0.762. The average molecular weight is 869 g/mol. The number of aliphatic hydroxyl groups excluding tert-OH is 2. The van der Waals surface area contributed by atoms with Gasteiger partial charge in [0.05, 0.1) is 77.4 Å². The summed E-state index contributed by atoms with van der Waals surface area (Å²) in [5.41, 5.74) is 0. The van der Waals surface area contributed by atoms with Gasteiger partial charge in [-0.25, -0.2) is 0 Å². The fourth-order valence-electron chi connectivity index (χ4n) is 6.08. The maximum atomic E-state index is 12.0. The normalized spacial score (nSPS) is 15.3. The van der Waals surface area contributed by atoms with Gasteiger partial charge in [-0.15, -0.1) is 0 Å². The minimum Gasteiger partial charge on any atom is -0.550 e. The third-order valence-electron chi connectivity index (χ3n) is 10.6. The van der Waals surface area contributed by atoms with Crippen LogP contribution in [0.1, 0.15) is 106 Å². The second-order valence-corrected chi connectivity index (χ2v) is 15.6. The van der Waals surface area contributed by atoms with Gasteiger partial charge in [0.25, 0.3) is 0 Å². The van der Waals surface area contributed by atoms with Crippen molar-refractivity contribution in [2.75, 3.05) is 78.7 Å². The van der Waals surface area contributed by atoms with E-state index in [0.717, 1.165) is 25.7 Å². The van der Waals surface area contributed by atoms with Crippen molar-refractivity contribution in [3.63, 3.8) is 0 Å². The van der Waals surface area contributed by atoms with E-state index in [1.54, 1.807) is 27.7 Å². The van der Waals surface area contributed by atoms with Gasteiger partial charge in [0, 0.05) is 62.3 Å². The molecule has 0 aliphatic carbocycles. The van der Waals surface area contributed by atoms with E-state index in [9.17, 15) is 49.2 Å². The molecule has 16 nitrogen and oxygen atoms in total. The Bertz CT molecular complexity index is 1120. The number of hydrogen-bond donors (Lipinski definition) is 6. The summed E-state index contributed by atoms with van der Waals surface area (Å²) in [6.07, 6.45) is 13.7.